The maximum absolute atomic E-state index is 12.7. The van der Waals surface area contributed by atoms with E-state index in [0.29, 0.717) is 59.9 Å². The van der Waals surface area contributed by atoms with Crippen LogP contribution in [0.4, 0.5) is 16.6 Å². The topological polar surface area (TPSA) is 122 Å². The molecule has 10 nitrogen and oxygen atoms in total. The summed E-state index contributed by atoms with van der Waals surface area (Å²) in [5.41, 5.74) is 2.23. The van der Waals surface area contributed by atoms with Crippen molar-refractivity contribution in [3.05, 3.63) is 35.6 Å². The highest BCUT2D eigenvalue weighted by Crippen LogP contribution is 2.41. The number of hydrogen-bond acceptors (Lipinski definition) is 9. The molecule has 0 radical (unpaired) electrons. The Kier molecular flexibility index (Phi) is 5.91. The number of fused-ring (bicyclic) bond motifs is 1. The molecule has 34 heavy (non-hydrogen) atoms. The third-order valence-electron chi connectivity index (χ3n) is 6.27. The van der Waals surface area contributed by atoms with Crippen LogP contribution in [-0.2, 0) is 22.0 Å². The van der Waals surface area contributed by atoms with E-state index in [0.717, 1.165) is 30.5 Å². The molecule has 2 aromatic rings. The third-order valence-corrected chi connectivity index (χ3v) is 7.73. The van der Waals surface area contributed by atoms with E-state index in [1.165, 1.54) is 7.11 Å². The van der Waals surface area contributed by atoms with Gasteiger partial charge in [0.15, 0.2) is 5.82 Å². The van der Waals surface area contributed by atoms with Gasteiger partial charge in [0, 0.05) is 44.2 Å². The van der Waals surface area contributed by atoms with Gasteiger partial charge in [-0.1, -0.05) is 12.0 Å². The van der Waals surface area contributed by atoms with Gasteiger partial charge in [0.25, 0.3) is 0 Å². The first kappa shape index (κ1) is 22.3. The predicted octanol–water partition coefficient (Wildman–Crippen LogP) is 1.51. The second-order valence-corrected chi connectivity index (χ2v) is 10.1. The van der Waals surface area contributed by atoms with Crippen molar-refractivity contribution in [2.75, 3.05) is 42.7 Å². The summed E-state index contributed by atoms with van der Waals surface area (Å²) in [6.07, 6.45) is 13.5. The van der Waals surface area contributed by atoms with Crippen LogP contribution in [0.3, 0.4) is 0 Å². The molecule has 0 bridgehead atoms. The Hall–Kier alpha value is -3.52. The van der Waals surface area contributed by atoms with Crippen LogP contribution in [0.25, 0.3) is 5.57 Å². The number of aromatic nitrogens is 4. The summed E-state index contributed by atoms with van der Waals surface area (Å²) in [5.74, 6) is 4.96. The van der Waals surface area contributed by atoms with Crippen molar-refractivity contribution in [3.63, 3.8) is 0 Å². The largest absolute Gasteiger partial charge is 0.453 e. The van der Waals surface area contributed by atoms with Gasteiger partial charge in [-0.05, 0) is 24.8 Å². The van der Waals surface area contributed by atoms with E-state index in [1.807, 2.05) is 0 Å². The Morgan fingerprint density at radius 2 is 2.09 bits per heavy atom. The zero-order valence-electron chi connectivity index (χ0n) is 18.8. The average molecular weight is 480 g/mol. The summed E-state index contributed by atoms with van der Waals surface area (Å²) >= 11 is 0. The smallest absolute Gasteiger partial charge is 0.406 e. The minimum absolute atomic E-state index is 0.308. The van der Waals surface area contributed by atoms with Crippen LogP contribution >= 0.6 is 0 Å². The predicted molar refractivity (Wildman–Crippen MR) is 128 cm³/mol. The number of methoxy groups -OCH3 is 1. The van der Waals surface area contributed by atoms with E-state index in [1.54, 1.807) is 12.4 Å². The van der Waals surface area contributed by atoms with Crippen LogP contribution < -0.4 is 15.5 Å². The molecule has 1 fully saturated rings. The molecule has 1 unspecified atom stereocenters. The molecule has 1 amide bonds. The number of carbonyl (C=O) groups excluding carboxylic acids is 1. The number of anilines is 2. The maximum atomic E-state index is 12.7. The summed E-state index contributed by atoms with van der Waals surface area (Å²) in [6, 6.07) is 0. The van der Waals surface area contributed by atoms with Gasteiger partial charge in [-0.25, -0.2) is 19.7 Å². The fourth-order valence-corrected chi connectivity index (χ4v) is 5.40. The number of ether oxygens (including phenoxy) is 1. The fraction of sp³-hybridized carbons (Fsp3) is 0.435. The lowest BCUT2D eigenvalue weighted by atomic mass is 10.1. The van der Waals surface area contributed by atoms with Crippen LogP contribution in [0.15, 0.2) is 23.4 Å². The molecule has 5 rings (SSSR count). The van der Waals surface area contributed by atoms with Crippen LogP contribution in [0.5, 0.6) is 0 Å². The van der Waals surface area contributed by atoms with E-state index in [2.05, 4.69) is 42.2 Å². The lowest BCUT2D eigenvalue weighted by Crippen LogP contribution is -2.39. The first-order valence-electron chi connectivity index (χ1n) is 11.1. The quantitative estimate of drug-likeness (QED) is 0.594. The van der Waals surface area contributed by atoms with Crippen molar-refractivity contribution in [1.82, 2.24) is 25.3 Å². The van der Waals surface area contributed by atoms with Crippen molar-refractivity contribution in [1.29, 1.82) is 0 Å². The SMILES string of the molecule is C#Cc1cnc(C2=CCN(c3nc4c(c(NC5(CNC(=O)OC)CC5)n3)S(=O)CC4)CC2)nc1. The Bertz CT molecular complexity index is 1220. The molecule has 2 aliphatic heterocycles. The van der Waals surface area contributed by atoms with Crippen LogP contribution in [0, 0.1) is 12.3 Å². The van der Waals surface area contributed by atoms with Crippen molar-refractivity contribution >= 4 is 34.2 Å². The molecule has 0 aromatic carbocycles. The summed E-state index contributed by atoms with van der Waals surface area (Å²) < 4.78 is 17.4. The average Bonchev–Trinajstić information content (AvgIpc) is 3.54. The molecule has 4 heterocycles. The summed E-state index contributed by atoms with van der Waals surface area (Å²) in [4.78, 5) is 32.6. The molecule has 176 valence electrons. The minimum Gasteiger partial charge on any atom is -0.453 e. The Morgan fingerprint density at radius 1 is 1.29 bits per heavy atom. The summed E-state index contributed by atoms with van der Waals surface area (Å²) in [7, 11) is 0.202. The molecule has 0 saturated heterocycles. The number of aryl methyl sites for hydroxylation is 1. The zero-order valence-corrected chi connectivity index (χ0v) is 19.7. The van der Waals surface area contributed by atoms with E-state index in [9.17, 15) is 9.00 Å². The van der Waals surface area contributed by atoms with Gasteiger partial charge >= 0.3 is 6.09 Å². The number of amides is 1. The zero-order chi connectivity index (χ0) is 23.7. The van der Waals surface area contributed by atoms with E-state index in [-0.39, 0.29) is 5.54 Å². The number of hydrogen-bond donors (Lipinski definition) is 2. The Morgan fingerprint density at radius 3 is 2.74 bits per heavy atom. The first-order chi connectivity index (χ1) is 16.5. The van der Waals surface area contributed by atoms with Crippen molar-refractivity contribution < 1.29 is 13.7 Å². The minimum atomic E-state index is -1.14. The van der Waals surface area contributed by atoms with Crippen molar-refractivity contribution in [2.24, 2.45) is 0 Å². The van der Waals surface area contributed by atoms with E-state index < -0.39 is 16.9 Å². The molecular weight excluding hydrogens is 454 g/mol. The normalized spacial score (nSPS) is 20.1. The highest BCUT2D eigenvalue weighted by atomic mass is 32.2. The van der Waals surface area contributed by atoms with Gasteiger partial charge < -0.3 is 20.3 Å². The fourth-order valence-electron chi connectivity index (χ4n) is 4.09. The molecule has 2 aromatic heterocycles. The Labute approximate surface area is 200 Å². The number of nitrogens with zero attached hydrogens (tertiary/aromatic N) is 5. The summed E-state index contributed by atoms with van der Waals surface area (Å²) in [5, 5.41) is 6.23. The standard InChI is InChI=1S/C23H25N7O3S/c1-3-15-12-24-19(25-13-15)16-4-9-30(10-5-16)21-27-17-6-11-34(32)18(17)20(28-21)29-23(7-8-23)14-26-22(31)33-2/h1,4,12-13H,5-11,14H2,2H3,(H,26,31)(H,27,28,29). The molecular formula is C23H25N7O3S. The van der Waals surface area contributed by atoms with Crippen molar-refractivity contribution in [3.8, 4) is 12.3 Å². The second kappa shape index (κ2) is 9.02. The lowest BCUT2D eigenvalue weighted by Gasteiger charge is -2.27. The van der Waals surface area contributed by atoms with Crippen LogP contribution in [0.2, 0.25) is 0 Å². The highest BCUT2D eigenvalue weighted by Gasteiger charge is 2.44. The molecule has 11 heteroatoms. The van der Waals surface area contributed by atoms with Gasteiger partial charge in [0.2, 0.25) is 5.95 Å². The molecule has 1 saturated carbocycles. The first-order valence-corrected chi connectivity index (χ1v) is 12.4. The van der Waals surface area contributed by atoms with Crippen molar-refractivity contribution in [2.45, 2.75) is 36.1 Å². The molecule has 0 spiro atoms. The number of rotatable bonds is 6. The monoisotopic (exact) mass is 479 g/mol. The molecule has 2 N–H and O–H groups in total. The number of nitrogens with one attached hydrogen (secondary N) is 2. The number of carbonyl (C=O) groups is 1. The molecule has 1 atom stereocenters. The molecule has 3 aliphatic rings. The maximum Gasteiger partial charge on any atom is 0.406 e. The molecule has 1 aliphatic carbocycles. The number of alkyl carbamates (subject to hydrolysis) is 1. The second-order valence-electron chi connectivity index (χ2n) is 8.56. The van der Waals surface area contributed by atoms with Gasteiger partial charge in [0.05, 0.1) is 34.7 Å². The van der Waals surface area contributed by atoms with E-state index in [4.69, 9.17) is 16.4 Å². The highest BCUT2D eigenvalue weighted by molar-refractivity contribution is 7.85. The Balaban J connectivity index is 1.36. The summed E-state index contributed by atoms with van der Waals surface area (Å²) in [6.45, 7) is 1.74. The van der Waals surface area contributed by atoms with Gasteiger partial charge in [0.1, 0.15) is 10.7 Å². The van der Waals surface area contributed by atoms with E-state index >= 15 is 0 Å². The lowest BCUT2D eigenvalue weighted by molar-refractivity contribution is 0.170. The van der Waals surface area contributed by atoms with Gasteiger partial charge in [-0.15, -0.1) is 6.42 Å². The van der Waals surface area contributed by atoms with Crippen LogP contribution in [-0.4, -0.2) is 68.3 Å². The van der Waals surface area contributed by atoms with Crippen LogP contribution in [0.1, 0.15) is 36.3 Å². The number of terminal acetylenes is 1. The van der Waals surface area contributed by atoms with Gasteiger partial charge in [-0.3, -0.25) is 4.21 Å². The van der Waals surface area contributed by atoms with Gasteiger partial charge in [-0.2, -0.15) is 4.98 Å². The third kappa shape index (κ3) is 4.46.